The molecule has 63 heavy (non-hydrogen) atoms. The third kappa shape index (κ3) is 9.27. The number of rotatable bonds is 9. The van der Waals surface area contributed by atoms with Crippen LogP contribution in [0.1, 0.15) is 33.5 Å². The summed E-state index contributed by atoms with van der Waals surface area (Å²) in [5.74, 6) is -0.333. The number of aliphatic carboxylic acids is 1. The second kappa shape index (κ2) is 18.4. The Morgan fingerprint density at radius 3 is 2.52 bits per heavy atom. The lowest BCUT2D eigenvalue weighted by molar-refractivity contribution is -0.145. The van der Waals surface area contributed by atoms with Crippen molar-refractivity contribution >= 4 is 39.1 Å². The molecule has 3 aromatic carbocycles. The topological polar surface area (TPSA) is 130 Å². The smallest absolute Gasteiger partial charge is 0.345 e. The fraction of sp³-hybridized carbons (Fsp3) is 0.292. The van der Waals surface area contributed by atoms with Crippen molar-refractivity contribution in [3.05, 3.63) is 136 Å². The minimum absolute atomic E-state index is 0.0283. The predicted octanol–water partition coefficient (Wildman–Crippen LogP) is 8.50. The third-order valence-electron chi connectivity index (χ3n) is 11.8. The van der Waals surface area contributed by atoms with Crippen LogP contribution in [0.2, 0.25) is 5.02 Å². The van der Waals surface area contributed by atoms with E-state index in [0.717, 1.165) is 88.7 Å². The number of nitrogens with zero attached hydrogens (tertiary/aromatic N) is 8. The molecule has 12 nitrogen and oxygen atoms in total. The van der Waals surface area contributed by atoms with Crippen molar-refractivity contribution in [2.24, 2.45) is 0 Å². The summed E-state index contributed by atoms with van der Waals surface area (Å²) in [7, 11) is 2.16. The summed E-state index contributed by atoms with van der Waals surface area (Å²) in [4.78, 5) is 44.6. The zero-order valence-corrected chi connectivity index (χ0v) is 36.8. The van der Waals surface area contributed by atoms with Gasteiger partial charge in [0.2, 0.25) is 12.0 Å². The van der Waals surface area contributed by atoms with Gasteiger partial charge in [-0.25, -0.2) is 29.1 Å². The van der Waals surface area contributed by atoms with Gasteiger partial charge in [-0.2, -0.15) is 0 Å². The molecule has 7 aromatic rings. The van der Waals surface area contributed by atoms with Gasteiger partial charge in [-0.05, 0) is 90.2 Å². The molecule has 1 fully saturated rings. The fourth-order valence-corrected chi connectivity index (χ4v) is 9.66. The number of carbonyl (C=O) groups is 1. The molecule has 1 unspecified atom stereocenters. The first-order chi connectivity index (χ1) is 30.6. The van der Waals surface area contributed by atoms with Crippen molar-refractivity contribution < 1.29 is 23.8 Å². The molecule has 0 spiro atoms. The van der Waals surface area contributed by atoms with Gasteiger partial charge in [0.25, 0.3) is 0 Å². The summed E-state index contributed by atoms with van der Waals surface area (Å²) in [5.41, 5.74) is 8.29. The maximum Gasteiger partial charge on any atom is 0.345 e. The molecule has 0 amide bonds. The van der Waals surface area contributed by atoms with Gasteiger partial charge in [-0.15, -0.1) is 11.3 Å². The van der Waals surface area contributed by atoms with E-state index in [9.17, 15) is 14.3 Å². The highest BCUT2D eigenvalue weighted by atomic mass is 35.5. The van der Waals surface area contributed by atoms with Crippen LogP contribution in [0.3, 0.4) is 0 Å². The van der Waals surface area contributed by atoms with E-state index in [0.29, 0.717) is 51.2 Å². The Morgan fingerprint density at radius 2 is 1.73 bits per heavy atom. The lowest BCUT2D eigenvalue weighted by atomic mass is 9.94. The predicted molar refractivity (Wildman–Crippen MR) is 243 cm³/mol. The van der Waals surface area contributed by atoms with Gasteiger partial charge < -0.3 is 19.5 Å². The zero-order chi connectivity index (χ0) is 43.6. The Labute approximate surface area is 374 Å². The zero-order valence-electron chi connectivity index (χ0n) is 35.2. The number of halogens is 2. The normalized spacial score (nSPS) is 16.3. The molecular weight excluding hydrogens is 839 g/mol. The highest BCUT2D eigenvalue weighted by Gasteiger charge is 2.29. The van der Waals surface area contributed by atoms with Gasteiger partial charge in [0.1, 0.15) is 29.3 Å². The van der Waals surface area contributed by atoms with E-state index in [1.807, 2.05) is 38.1 Å². The van der Waals surface area contributed by atoms with Gasteiger partial charge in [0, 0.05) is 98.4 Å². The molecule has 4 bridgehead atoms. The molecule has 1 saturated heterocycles. The van der Waals surface area contributed by atoms with E-state index in [2.05, 4.69) is 53.8 Å². The number of carboxylic acids is 1. The average molecular weight is 885 g/mol. The van der Waals surface area contributed by atoms with Crippen molar-refractivity contribution in [2.45, 2.75) is 46.1 Å². The van der Waals surface area contributed by atoms with Crippen molar-refractivity contribution in [2.75, 3.05) is 46.3 Å². The van der Waals surface area contributed by atoms with Crippen LogP contribution in [-0.2, 0) is 30.9 Å². The molecule has 4 aromatic heterocycles. The molecule has 0 radical (unpaired) electrons. The number of carboxylic acid groups (broad SMARTS) is 1. The van der Waals surface area contributed by atoms with Gasteiger partial charge in [0.15, 0.2) is 5.82 Å². The standard InChI is InChI=1S/C48H46ClFN8O4S/c1-29-24-51-14-13-37(29)45-52-15-12-36(55-45)27-61-39-11-4-31-22-34(39)23-40(48(59)60)62-46-42-41(44(63-47(42)54-28-53-46)32-5-8-35(50)9-6-32)38-10-7-33(43(49)30(38)2)26-58(25-31)21-20-57-18-16-56(3)17-19-57/h4-15,22,24,28,40H,16-21,23,25-27H2,1-3H3,(H,59,60). The van der Waals surface area contributed by atoms with Crippen molar-refractivity contribution in [1.82, 2.24) is 39.6 Å². The van der Waals surface area contributed by atoms with E-state index < -0.39 is 12.1 Å². The van der Waals surface area contributed by atoms with Crippen molar-refractivity contribution in [1.29, 1.82) is 0 Å². The molecule has 15 heteroatoms. The van der Waals surface area contributed by atoms with Gasteiger partial charge in [-0.1, -0.05) is 48.0 Å². The second-order valence-electron chi connectivity index (χ2n) is 16.2. The molecule has 7 heterocycles. The number of likely N-dealkylation sites (N-methyl/N-ethyl adjacent to an activating group) is 1. The lowest BCUT2D eigenvalue weighted by Crippen LogP contribution is -2.46. The highest BCUT2D eigenvalue weighted by Crippen LogP contribution is 2.49. The minimum Gasteiger partial charge on any atom is -0.487 e. The number of ether oxygens (including phenoxy) is 2. The molecule has 322 valence electrons. The summed E-state index contributed by atoms with van der Waals surface area (Å²) in [6, 6.07) is 20.1. The molecule has 0 aliphatic carbocycles. The number of hydrogen-bond donors (Lipinski definition) is 1. The van der Waals surface area contributed by atoms with Gasteiger partial charge >= 0.3 is 5.97 Å². The number of pyridine rings is 1. The summed E-state index contributed by atoms with van der Waals surface area (Å²) < 4.78 is 27.2. The first-order valence-corrected chi connectivity index (χ1v) is 22.1. The first kappa shape index (κ1) is 42.4. The van der Waals surface area contributed by atoms with Gasteiger partial charge in [0.05, 0.1) is 11.1 Å². The van der Waals surface area contributed by atoms with Crippen LogP contribution in [0.25, 0.3) is 43.2 Å². The highest BCUT2D eigenvalue weighted by molar-refractivity contribution is 7.22. The Morgan fingerprint density at radius 1 is 0.921 bits per heavy atom. The number of thiophene rings is 1. The van der Waals surface area contributed by atoms with E-state index in [1.54, 1.807) is 36.8 Å². The minimum atomic E-state index is -1.36. The molecule has 3 aliphatic heterocycles. The Hall–Kier alpha value is -5.90. The number of aryl methyl sites for hydroxylation is 1. The van der Waals surface area contributed by atoms with Crippen molar-refractivity contribution in [3.8, 4) is 44.6 Å². The van der Waals surface area contributed by atoms with Crippen LogP contribution in [0.4, 0.5) is 4.39 Å². The molecule has 1 N–H and O–H groups in total. The molecule has 10 rings (SSSR count). The second-order valence-corrected chi connectivity index (χ2v) is 17.6. The Kier molecular flexibility index (Phi) is 12.4. The molecule has 0 saturated carbocycles. The Bertz CT molecular complexity index is 2800. The lowest BCUT2D eigenvalue weighted by Gasteiger charge is -2.34. The monoisotopic (exact) mass is 884 g/mol. The first-order valence-electron chi connectivity index (χ1n) is 20.9. The van der Waals surface area contributed by atoms with Gasteiger partial charge in [-0.3, -0.25) is 14.8 Å². The van der Waals surface area contributed by atoms with E-state index in [1.165, 1.54) is 29.8 Å². The van der Waals surface area contributed by atoms with E-state index in [4.69, 9.17) is 26.1 Å². The van der Waals surface area contributed by atoms with Crippen LogP contribution in [0, 0.1) is 19.7 Å². The van der Waals surface area contributed by atoms with E-state index in [-0.39, 0.29) is 24.7 Å². The number of benzene rings is 3. The van der Waals surface area contributed by atoms with Crippen LogP contribution < -0.4 is 9.47 Å². The van der Waals surface area contributed by atoms with Crippen molar-refractivity contribution in [3.63, 3.8) is 0 Å². The van der Waals surface area contributed by atoms with E-state index >= 15 is 0 Å². The van der Waals surface area contributed by atoms with Crippen LogP contribution in [-0.4, -0.2) is 103 Å². The molecular formula is C48H46ClFN8O4S. The third-order valence-corrected chi connectivity index (χ3v) is 13.5. The Balaban J connectivity index is 1.14. The molecule has 1 atom stereocenters. The number of hydrogen-bond acceptors (Lipinski definition) is 12. The summed E-state index contributed by atoms with van der Waals surface area (Å²) in [6.45, 7) is 10.9. The SMILES string of the molecule is Cc1cnccc1-c1nccc(COc2ccc3cc2CC(C(=O)O)Oc2ncnc4sc(-c5ccc(F)cc5)c(c24)-c2ccc(c(Cl)c2C)CN(CCN2CCN(C)CC2)C3)n1. The van der Waals surface area contributed by atoms with Crippen LogP contribution >= 0.6 is 22.9 Å². The maximum absolute atomic E-state index is 14.3. The fourth-order valence-electron chi connectivity index (χ4n) is 8.29. The largest absolute Gasteiger partial charge is 0.487 e. The maximum atomic E-state index is 14.3. The number of aromatic nitrogens is 5. The summed E-state index contributed by atoms with van der Waals surface area (Å²) >= 11 is 8.78. The number of piperazine rings is 1. The van der Waals surface area contributed by atoms with Crippen LogP contribution in [0.5, 0.6) is 11.6 Å². The van der Waals surface area contributed by atoms with Crippen LogP contribution in [0.15, 0.2) is 91.6 Å². The summed E-state index contributed by atoms with van der Waals surface area (Å²) in [6.07, 6.45) is 5.17. The average Bonchev–Trinajstić information content (AvgIpc) is 3.67. The molecule has 3 aliphatic rings. The quantitative estimate of drug-likeness (QED) is 0.149. The summed E-state index contributed by atoms with van der Waals surface area (Å²) in [5, 5.41) is 12.0. The number of fused-ring (bicyclic) bond motifs is 6.